The van der Waals surface area contributed by atoms with Crippen LogP contribution >= 0.6 is 0 Å². The Morgan fingerprint density at radius 3 is 2.29 bits per heavy atom. The van der Waals surface area contributed by atoms with E-state index in [1.807, 2.05) is 20.2 Å². The Kier molecular flexibility index (Phi) is 6.85. The molecule has 0 bridgehead atoms. The zero-order valence-electron chi connectivity index (χ0n) is 10.1. The van der Waals surface area contributed by atoms with Crippen LogP contribution in [-0.4, -0.2) is 25.8 Å². The molecule has 0 radical (unpaired) electrons. The van der Waals surface area contributed by atoms with Gasteiger partial charge in [0, 0.05) is 13.2 Å². The van der Waals surface area contributed by atoms with Crippen LogP contribution in [-0.2, 0) is 4.74 Å². The number of hydrogen-bond donors (Lipinski definition) is 1. The summed E-state index contributed by atoms with van der Waals surface area (Å²) in [5.41, 5.74) is -0.0161. The molecule has 0 amide bonds. The lowest BCUT2D eigenvalue weighted by molar-refractivity contribution is -0.0473. The first-order valence-corrected chi connectivity index (χ1v) is 5.54. The molecule has 0 aliphatic heterocycles. The van der Waals surface area contributed by atoms with Crippen molar-refractivity contribution in [3.8, 4) is 0 Å². The normalized spacial score (nSPS) is 14.0. The van der Waals surface area contributed by atoms with Crippen LogP contribution < -0.4 is 5.32 Å². The number of rotatable bonds is 8. The second-order valence-corrected chi connectivity index (χ2v) is 3.68. The molecule has 0 aliphatic carbocycles. The first kappa shape index (κ1) is 13.7. The van der Waals surface area contributed by atoms with Crippen LogP contribution in [0.3, 0.4) is 0 Å². The van der Waals surface area contributed by atoms with Gasteiger partial charge >= 0.3 is 0 Å². The Morgan fingerprint density at radius 1 is 1.43 bits per heavy atom. The van der Waals surface area contributed by atoms with Crippen molar-refractivity contribution < 1.29 is 4.74 Å². The summed E-state index contributed by atoms with van der Waals surface area (Å²) >= 11 is 0. The third-order valence-electron chi connectivity index (χ3n) is 3.25. The van der Waals surface area contributed by atoms with Crippen LogP contribution in [0, 0.1) is 0 Å². The summed E-state index contributed by atoms with van der Waals surface area (Å²) in [6.07, 6.45) is 6.19. The molecule has 1 unspecified atom stereocenters. The third kappa shape index (κ3) is 3.10. The van der Waals surface area contributed by atoms with Crippen LogP contribution in [0.25, 0.3) is 0 Å². The molecule has 84 valence electrons. The minimum atomic E-state index is -0.0161. The minimum Gasteiger partial charge on any atom is -0.377 e. The molecule has 0 spiro atoms. The van der Waals surface area contributed by atoms with Gasteiger partial charge in [-0.25, -0.2) is 0 Å². The van der Waals surface area contributed by atoms with Gasteiger partial charge in [-0.2, -0.15) is 0 Å². The van der Waals surface area contributed by atoms with Gasteiger partial charge in [0.25, 0.3) is 0 Å². The maximum atomic E-state index is 5.69. The van der Waals surface area contributed by atoms with E-state index in [4.69, 9.17) is 4.74 Å². The molecule has 2 nitrogen and oxygen atoms in total. The molecule has 0 heterocycles. The van der Waals surface area contributed by atoms with Gasteiger partial charge in [-0.1, -0.05) is 19.9 Å². The van der Waals surface area contributed by atoms with Gasteiger partial charge < -0.3 is 10.1 Å². The van der Waals surface area contributed by atoms with Gasteiger partial charge in [0.1, 0.15) is 0 Å². The largest absolute Gasteiger partial charge is 0.377 e. The highest BCUT2D eigenvalue weighted by molar-refractivity contribution is 4.91. The molecule has 0 aliphatic rings. The lowest BCUT2D eigenvalue weighted by Gasteiger charge is -2.38. The number of hydrogen-bond acceptors (Lipinski definition) is 2. The lowest BCUT2D eigenvalue weighted by Crippen LogP contribution is -2.50. The minimum absolute atomic E-state index is 0.0161. The average Bonchev–Trinajstić information content (AvgIpc) is 2.25. The highest BCUT2D eigenvalue weighted by Crippen LogP contribution is 2.26. The molecule has 0 saturated heterocycles. The maximum absolute atomic E-state index is 5.69. The Hall–Kier alpha value is -0.340. The van der Waals surface area contributed by atoms with Crippen molar-refractivity contribution in [2.24, 2.45) is 0 Å². The first-order valence-electron chi connectivity index (χ1n) is 5.54. The van der Waals surface area contributed by atoms with Crippen LogP contribution in [0.15, 0.2) is 12.7 Å². The summed E-state index contributed by atoms with van der Waals surface area (Å²) in [6, 6.07) is 0.417. The standard InChI is InChI=1S/C12H25NO/c1-6-9-10-11(13-4)12(7-2,8-3)14-5/h6,11,13H,1,7-10H2,2-5H3. The van der Waals surface area contributed by atoms with Gasteiger partial charge in [0.2, 0.25) is 0 Å². The summed E-state index contributed by atoms with van der Waals surface area (Å²) in [6.45, 7) is 8.13. The zero-order chi connectivity index (χ0) is 11.0. The van der Waals surface area contributed by atoms with E-state index in [-0.39, 0.29) is 5.60 Å². The fourth-order valence-corrected chi connectivity index (χ4v) is 2.13. The van der Waals surface area contributed by atoms with Crippen molar-refractivity contribution in [2.75, 3.05) is 14.2 Å². The molecule has 1 N–H and O–H groups in total. The molecule has 2 heteroatoms. The average molecular weight is 199 g/mol. The van der Waals surface area contributed by atoms with E-state index in [1.54, 1.807) is 0 Å². The number of allylic oxidation sites excluding steroid dienone is 1. The lowest BCUT2D eigenvalue weighted by atomic mass is 9.85. The summed E-state index contributed by atoms with van der Waals surface area (Å²) in [5.74, 6) is 0. The monoisotopic (exact) mass is 199 g/mol. The predicted octanol–water partition coefficient (Wildman–Crippen LogP) is 2.75. The summed E-state index contributed by atoms with van der Waals surface area (Å²) in [4.78, 5) is 0. The van der Waals surface area contributed by atoms with Crippen molar-refractivity contribution in [3.63, 3.8) is 0 Å². The molecular formula is C12H25NO. The van der Waals surface area contributed by atoms with Crippen molar-refractivity contribution in [1.29, 1.82) is 0 Å². The van der Waals surface area contributed by atoms with E-state index in [0.717, 1.165) is 25.7 Å². The number of methoxy groups -OCH3 is 1. The Bertz CT molecular complexity index is 144. The Labute approximate surface area is 88.7 Å². The van der Waals surface area contributed by atoms with Crippen LogP contribution in [0.2, 0.25) is 0 Å². The van der Waals surface area contributed by atoms with Gasteiger partial charge in [0.15, 0.2) is 0 Å². The van der Waals surface area contributed by atoms with E-state index in [2.05, 4.69) is 25.7 Å². The second-order valence-electron chi connectivity index (χ2n) is 3.68. The third-order valence-corrected chi connectivity index (χ3v) is 3.25. The van der Waals surface area contributed by atoms with Crippen LogP contribution in [0.4, 0.5) is 0 Å². The fraction of sp³-hybridized carbons (Fsp3) is 0.833. The molecule has 1 atom stereocenters. The SMILES string of the molecule is C=CCCC(NC)C(CC)(CC)OC. The number of nitrogens with one attached hydrogen (secondary N) is 1. The second kappa shape index (κ2) is 7.02. The molecular weight excluding hydrogens is 174 g/mol. The van der Waals surface area contributed by atoms with E-state index in [9.17, 15) is 0 Å². The summed E-state index contributed by atoms with van der Waals surface area (Å²) in [7, 11) is 3.82. The highest BCUT2D eigenvalue weighted by atomic mass is 16.5. The molecule has 0 saturated carbocycles. The van der Waals surface area contributed by atoms with Crippen molar-refractivity contribution >= 4 is 0 Å². The van der Waals surface area contributed by atoms with Crippen molar-refractivity contribution in [3.05, 3.63) is 12.7 Å². The Balaban J connectivity index is 4.47. The maximum Gasteiger partial charge on any atom is 0.0825 e. The first-order chi connectivity index (χ1) is 6.70. The van der Waals surface area contributed by atoms with Crippen molar-refractivity contribution in [1.82, 2.24) is 5.32 Å². The summed E-state index contributed by atoms with van der Waals surface area (Å²) < 4.78 is 5.69. The van der Waals surface area contributed by atoms with E-state index < -0.39 is 0 Å². The smallest absolute Gasteiger partial charge is 0.0825 e. The quantitative estimate of drug-likeness (QED) is 0.607. The van der Waals surface area contributed by atoms with E-state index >= 15 is 0 Å². The van der Waals surface area contributed by atoms with Gasteiger partial charge in [-0.3, -0.25) is 0 Å². The van der Waals surface area contributed by atoms with Crippen LogP contribution in [0.5, 0.6) is 0 Å². The van der Waals surface area contributed by atoms with Gasteiger partial charge in [0.05, 0.1) is 5.60 Å². The van der Waals surface area contributed by atoms with Crippen LogP contribution in [0.1, 0.15) is 39.5 Å². The topological polar surface area (TPSA) is 21.3 Å². The highest BCUT2D eigenvalue weighted by Gasteiger charge is 2.33. The molecule has 0 aromatic heterocycles. The molecule has 0 rings (SSSR count). The number of likely N-dealkylation sites (N-methyl/N-ethyl adjacent to an activating group) is 1. The van der Waals surface area contributed by atoms with E-state index in [1.165, 1.54) is 0 Å². The summed E-state index contributed by atoms with van der Waals surface area (Å²) in [5, 5.41) is 3.36. The van der Waals surface area contributed by atoms with Gasteiger partial charge in [-0.15, -0.1) is 6.58 Å². The predicted molar refractivity (Wildman–Crippen MR) is 62.6 cm³/mol. The zero-order valence-corrected chi connectivity index (χ0v) is 10.1. The van der Waals surface area contributed by atoms with Gasteiger partial charge in [-0.05, 0) is 32.7 Å². The molecule has 0 fully saturated rings. The molecule has 14 heavy (non-hydrogen) atoms. The van der Waals surface area contributed by atoms with Crippen molar-refractivity contribution in [2.45, 2.75) is 51.2 Å². The van der Waals surface area contributed by atoms with E-state index in [0.29, 0.717) is 6.04 Å². The Morgan fingerprint density at radius 2 is 2.00 bits per heavy atom. The molecule has 0 aromatic rings. The molecule has 0 aromatic carbocycles. The fourth-order valence-electron chi connectivity index (χ4n) is 2.13. The number of ether oxygens (including phenoxy) is 1.